The first-order chi connectivity index (χ1) is 15.3. The fraction of sp³-hybridized carbons (Fsp3) is 0.826. The van der Waals surface area contributed by atoms with Crippen molar-refractivity contribution < 1.29 is 22.9 Å². The van der Waals surface area contributed by atoms with Crippen LogP contribution in [-0.4, -0.2) is 58.9 Å². The van der Waals surface area contributed by atoms with Gasteiger partial charge in [-0.05, 0) is 58.3 Å². The minimum absolute atomic E-state index is 0.195. The Labute approximate surface area is 192 Å². The molecule has 0 atom stereocenters. The normalized spacial score (nSPS) is 21.5. The van der Waals surface area contributed by atoms with Gasteiger partial charge in [0.2, 0.25) is 16.4 Å². The second-order valence-corrected chi connectivity index (χ2v) is 11.7. The van der Waals surface area contributed by atoms with Gasteiger partial charge in [0.15, 0.2) is 0 Å². The van der Waals surface area contributed by atoms with E-state index in [-0.39, 0.29) is 5.75 Å². The standard InChI is InChI=1S/C23H39N3O5S/c1-19-22(20(2)31-24-19)10-9-21-11-15-25(16-12-21)32(29,30)17-23(26(28)18-27)13-7-5-3-4-6-8-14-23/h18,21,28H,3-17H2,1-2H3. The molecule has 2 fully saturated rings. The highest BCUT2D eigenvalue weighted by atomic mass is 32.2. The van der Waals surface area contributed by atoms with Gasteiger partial charge in [0, 0.05) is 18.7 Å². The third-order valence-electron chi connectivity index (χ3n) is 7.52. The van der Waals surface area contributed by atoms with Crippen LogP contribution in [0.15, 0.2) is 4.52 Å². The van der Waals surface area contributed by atoms with Gasteiger partial charge < -0.3 is 4.52 Å². The Morgan fingerprint density at radius 3 is 2.25 bits per heavy atom. The first-order valence-corrected chi connectivity index (χ1v) is 13.7. The molecule has 1 saturated carbocycles. The summed E-state index contributed by atoms with van der Waals surface area (Å²) in [5, 5.41) is 15.1. The predicted molar refractivity (Wildman–Crippen MR) is 122 cm³/mol. The number of rotatable bonds is 8. The zero-order valence-corrected chi connectivity index (χ0v) is 20.4. The molecule has 182 valence electrons. The Morgan fingerprint density at radius 1 is 1.12 bits per heavy atom. The van der Waals surface area contributed by atoms with E-state index >= 15 is 0 Å². The molecule has 1 aliphatic heterocycles. The summed E-state index contributed by atoms with van der Waals surface area (Å²) < 4.78 is 33.5. The topological polar surface area (TPSA) is 104 Å². The van der Waals surface area contributed by atoms with E-state index in [2.05, 4.69) is 5.16 Å². The first-order valence-electron chi connectivity index (χ1n) is 12.1. The Hall–Kier alpha value is -1.45. The third kappa shape index (κ3) is 6.11. The molecule has 0 aromatic carbocycles. The largest absolute Gasteiger partial charge is 0.361 e. The van der Waals surface area contributed by atoms with Gasteiger partial charge in [0.25, 0.3) is 0 Å². The van der Waals surface area contributed by atoms with E-state index in [0.717, 1.165) is 75.7 Å². The lowest BCUT2D eigenvalue weighted by molar-refractivity contribution is -0.179. The molecule has 1 amide bonds. The maximum absolute atomic E-state index is 13.4. The number of aryl methyl sites for hydroxylation is 2. The molecule has 2 aliphatic rings. The number of piperidine rings is 1. The highest BCUT2D eigenvalue weighted by molar-refractivity contribution is 7.89. The fourth-order valence-corrected chi connectivity index (χ4v) is 7.46. The number of carbonyl (C=O) groups is 1. The molecule has 0 radical (unpaired) electrons. The Bertz CT molecular complexity index is 816. The number of hydrogen-bond acceptors (Lipinski definition) is 6. The number of carbonyl (C=O) groups excluding carboxylic acids is 1. The molecule has 8 nitrogen and oxygen atoms in total. The van der Waals surface area contributed by atoms with Gasteiger partial charge in [-0.3, -0.25) is 10.0 Å². The molecular formula is C23H39N3O5S. The Morgan fingerprint density at radius 2 is 1.72 bits per heavy atom. The van der Waals surface area contributed by atoms with Crippen LogP contribution in [0.2, 0.25) is 0 Å². The summed E-state index contributed by atoms with van der Waals surface area (Å²) >= 11 is 0. The lowest BCUT2D eigenvalue weighted by Gasteiger charge is -2.40. The van der Waals surface area contributed by atoms with Crippen LogP contribution < -0.4 is 0 Å². The molecule has 0 bridgehead atoms. The molecular weight excluding hydrogens is 430 g/mol. The number of amides is 1. The summed E-state index contributed by atoms with van der Waals surface area (Å²) in [6.07, 6.45) is 10.9. The van der Waals surface area contributed by atoms with Crippen molar-refractivity contribution in [2.75, 3.05) is 18.8 Å². The average molecular weight is 470 g/mol. The minimum Gasteiger partial charge on any atom is -0.361 e. The van der Waals surface area contributed by atoms with Gasteiger partial charge in [-0.1, -0.05) is 43.7 Å². The van der Waals surface area contributed by atoms with Crippen molar-refractivity contribution in [3.8, 4) is 0 Å². The molecule has 1 N–H and O–H groups in total. The number of hydrogen-bond donors (Lipinski definition) is 1. The number of nitrogens with zero attached hydrogens (tertiary/aromatic N) is 3. The zero-order valence-electron chi connectivity index (χ0n) is 19.6. The van der Waals surface area contributed by atoms with E-state index in [1.54, 1.807) is 4.31 Å². The van der Waals surface area contributed by atoms with Crippen LogP contribution >= 0.6 is 0 Å². The minimum atomic E-state index is -3.58. The van der Waals surface area contributed by atoms with Crippen LogP contribution in [0.5, 0.6) is 0 Å². The van der Waals surface area contributed by atoms with Crippen LogP contribution in [0, 0.1) is 19.8 Å². The third-order valence-corrected chi connectivity index (χ3v) is 9.58. The van der Waals surface area contributed by atoms with Gasteiger partial charge in [-0.25, -0.2) is 17.8 Å². The SMILES string of the molecule is Cc1noc(C)c1CCC1CCN(S(=O)(=O)CC2(N(O)C=O)CCCCCCCC2)CC1. The molecule has 2 heterocycles. The average Bonchev–Trinajstić information content (AvgIpc) is 3.15. The van der Waals surface area contributed by atoms with Gasteiger partial charge in [0.1, 0.15) is 5.76 Å². The number of aromatic nitrogens is 1. The van der Waals surface area contributed by atoms with Crippen molar-refractivity contribution in [1.82, 2.24) is 14.5 Å². The fourth-order valence-electron chi connectivity index (χ4n) is 5.41. The van der Waals surface area contributed by atoms with Crippen LogP contribution in [0.25, 0.3) is 0 Å². The van der Waals surface area contributed by atoms with Crippen LogP contribution in [0.4, 0.5) is 0 Å². The second kappa shape index (κ2) is 11.1. The van der Waals surface area contributed by atoms with Gasteiger partial charge in [0.05, 0.1) is 17.0 Å². The van der Waals surface area contributed by atoms with Crippen molar-refractivity contribution in [1.29, 1.82) is 0 Å². The van der Waals surface area contributed by atoms with Gasteiger partial charge in [-0.2, -0.15) is 0 Å². The molecule has 1 saturated heterocycles. The molecule has 1 aromatic rings. The van der Waals surface area contributed by atoms with Crippen LogP contribution in [0.1, 0.15) is 87.6 Å². The predicted octanol–water partition coefficient (Wildman–Crippen LogP) is 3.99. The van der Waals surface area contributed by atoms with Crippen molar-refractivity contribution in [3.63, 3.8) is 0 Å². The van der Waals surface area contributed by atoms with E-state index in [0.29, 0.717) is 43.3 Å². The maximum Gasteiger partial charge on any atom is 0.233 e. The molecule has 32 heavy (non-hydrogen) atoms. The summed E-state index contributed by atoms with van der Waals surface area (Å²) in [6.45, 7) is 4.88. The maximum atomic E-state index is 13.4. The summed E-state index contributed by atoms with van der Waals surface area (Å²) in [7, 11) is -3.58. The molecule has 1 aliphatic carbocycles. The highest BCUT2D eigenvalue weighted by Crippen LogP contribution is 2.33. The second-order valence-electron chi connectivity index (χ2n) is 9.74. The van der Waals surface area contributed by atoms with E-state index in [1.807, 2.05) is 13.8 Å². The summed E-state index contributed by atoms with van der Waals surface area (Å²) in [5.41, 5.74) is 1.08. The van der Waals surface area contributed by atoms with Crippen molar-refractivity contribution in [2.45, 2.75) is 96.4 Å². The summed E-state index contributed by atoms with van der Waals surface area (Å²) in [6, 6.07) is 0. The zero-order chi connectivity index (χ0) is 23.2. The molecule has 1 aromatic heterocycles. The van der Waals surface area contributed by atoms with Crippen molar-refractivity contribution in [3.05, 3.63) is 17.0 Å². The number of sulfonamides is 1. The van der Waals surface area contributed by atoms with Gasteiger partial charge in [-0.15, -0.1) is 0 Å². The lowest BCUT2D eigenvalue weighted by Crippen LogP contribution is -2.54. The van der Waals surface area contributed by atoms with E-state index < -0.39 is 15.6 Å². The molecule has 0 spiro atoms. The highest BCUT2D eigenvalue weighted by Gasteiger charge is 2.42. The lowest BCUT2D eigenvalue weighted by atomic mass is 9.89. The molecule has 9 heteroatoms. The van der Waals surface area contributed by atoms with E-state index in [9.17, 15) is 18.4 Å². The van der Waals surface area contributed by atoms with Gasteiger partial charge >= 0.3 is 0 Å². The molecule has 0 unspecified atom stereocenters. The van der Waals surface area contributed by atoms with E-state index in [4.69, 9.17) is 4.52 Å². The van der Waals surface area contributed by atoms with Crippen LogP contribution in [-0.2, 0) is 21.2 Å². The summed E-state index contributed by atoms with van der Waals surface area (Å²) in [5.74, 6) is 1.14. The molecule has 3 rings (SSSR count). The quantitative estimate of drug-likeness (QED) is 0.351. The van der Waals surface area contributed by atoms with Crippen LogP contribution in [0.3, 0.4) is 0 Å². The first kappa shape index (κ1) is 25.2. The number of hydroxylamine groups is 2. The Kier molecular flexibility index (Phi) is 8.75. The Balaban J connectivity index is 1.60. The van der Waals surface area contributed by atoms with Crippen molar-refractivity contribution in [2.24, 2.45) is 5.92 Å². The monoisotopic (exact) mass is 469 g/mol. The van der Waals surface area contributed by atoms with E-state index in [1.165, 1.54) is 5.56 Å². The smallest absolute Gasteiger partial charge is 0.233 e. The van der Waals surface area contributed by atoms with Crippen molar-refractivity contribution >= 4 is 16.4 Å². The summed E-state index contributed by atoms with van der Waals surface area (Å²) in [4.78, 5) is 11.5.